The number of benzene rings is 1. The van der Waals surface area contributed by atoms with E-state index in [1.54, 1.807) is 19.3 Å². The second-order valence-electron chi connectivity index (χ2n) is 3.56. The SMILES string of the molecule is COc1cccc(C2(N=C=O)CC2)c1Cl. The van der Waals surface area contributed by atoms with Crippen molar-refractivity contribution in [1.82, 2.24) is 0 Å². The summed E-state index contributed by atoms with van der Waals surface area (Å²) in [5.74, 6) is 0.613. The van der Waals surface area contributed by atoms with E-state index in [9.17, 15) is 4.79 Å². The Morgan fingerprint density at radius 2 is 2.27 bits per heavy atom. The van der Waals surface area contributed by atoms with Gasteiger partial charge in [0.15, 0.2) is 0 Å². The van der Waals surface area contributed by atoms with E-state index in [1.807, 2.05) is 12.1 Å². The molecule has 0 amide bonds. The summed E-state index contributed by atoms with van der Waals surface area (Å²) >= 11 is 6.15. The van der Waals surface area contributed by atoms with Gasteiger partial charge in [-0.15, -0.1) is 0 Å². The number of nitrogens with zero attached hydrogens (tertiary/aromatic N) is 1. The van der Waals surface area contributed by atoms with Gasteiger partial charge in [0.05, 0.1) is 17.7 Å². The van der Waals surface area contributed by atoms with E-state index in [0.29, 0.717) is 10.8 Å². The topological polar surface area (TPSA) is 38.7 Å². The van der Waals surface area contributed by atoms with E-state index in [2.05, 4.69) is 4.99 Å². The largest absolute Gasteiger partial charge is 0.495 e. The van der Waals surface area contributed by atoms with Crippen LogP contribution in [0.25, 0.3) is 0 Å². The first kappa shape index (κ1) is 10.2. The Morgan fingerprint density at radius 3 is 2.80 bits per heavy atom. The number of rotatable bonds is 3. The number of methoxy groups -OCH3 is 1. The van der Waals surface area contributed by atoms with Crippen molar-refractivity contribution in [2.24, 2.45) is 4.99 Å². The summed E-state index contributed by atoms with van der Waals surface area (Å²) in [6.45, 7) is 0. The van der Waals surface area contributed by atoms with Crippen LogP contribution in [-0.2, 0) is 10.3 Å². The number of ether oxygens (including phenoxy) is 1. The van der Waals surface area contributed by atoms with Crippen molar-refractivity contribution in [2.45, 2.75) is 18.4 Å². The zero-order chi connectivity index (χ0) is 10.9. The predicted molar refractivity (Wildman–Crippen MR) is 57.0 cm³/mol. The van der Waals surface area contributed by atoms with Crippen LogP contribution in [0.2, 0.25) is 5.02 Å². The molecule has 0 heterocycles. The van der Waals surface area contributed by atoms with Crippen LogP contribution in [0.15, 0.2) is 23.2 Å². The highest BCUT2D eigenvalue weighted by Crippen LogP contribution is 2.52. The quantitative estimate of drug-likeness (QED) is 0.584. The summed E-state index contributed by atoms with van der Waals surface area (Å²) < 4.78 is 5.11. The Balaban J connectivity index is 2.49. The second-order valence-corrected chi connectivity index (χ2v) is 3.93. The van der Waals surface area contributed by atoms with Crippen LogP contribution in [0, 0.1) is 0 Å². The van der Waals surface area contributed by atoms with Crippen molar-refractivity contribution >= 4 is 17.7 Å². The Bertz CT molecular complexity index is 434. The third-order valence-corrected chi connectivity index (χ3v) is 3.06. The van der Waals surface area contributed by atoms with Gasteiger partial charge < -0.3 is 4.74 Å². The van der Waals surface area contributed by atoms with Gasteiger partial charge in [0.2, 0.25) is 6.08 Å². The molecule has 1 saturated carbocycles. The predicted octanol–water partition coefficient (Wildman–Crippen LogP) is 2.67. The number of aliphatic imine (C=N–C) groups is 1. The minimum atomic E-state index is -0.437. The van der Waals surface area contributed by atoms with Crippen LogP contribution in [0.1, 0.15) is 18.4 Å². The zero-order valence-electron chi connectivity index (χ0n) is 8.29. The van der Waals surface area contributed by atoms with Gasteiger partial charge in [0, 0.05) is 5.56 Å². The van der Waals surface area contributed by atoms with Crippen molar-refractivity contribution in [3.05, 3.63) is 28.8 Å². The molecule has 0 aliphatic heterocycles. The minimum absolute atomic E-state index is 0.437. The van der Waals surface area contributed by atoms with E-state index in [0.717, 1.165) is 18.4 Å². The molecular weight excluding hydrogens is 214 g/mol. The fourth-order valence-electron chi connectivity index (χ4n) is 1.67. The molecule has 0 unspecified atom stereocenters. The molecule has 1 aliphatic rings. The first-order chi connectivity index (χ1) is 7.23. The van der Waals surface area contributed by atoms with Crippen LogP contribution in [0.4, 0.5) is 0 Å². The molecule has 0 N–H and O–H groups in total. The minimum Gasteiger partial charge on any atom is -0.495 e. The Kier molecular flexibility index (Phi) is 2.51. The fraction of sp³-hybridized carbons (Fsp3) is 0.364. The number of isocyanates is 1. The lowest BCUT2D eigenvalue weighted by Gasteiger charge is -2.12. The molecule has 1 aliphatic carbocycles. The highest BCUT2D eigenvalue weighted by atomic mass is 35.5. The summed E-state index contributed by atoms with van der Waals surface area (Å²) in [4.78, 5) is 14.2. The molecule has 0 bridgehead atoms. The van der Waals surface area contributed by atoms with Crippen LogP contribution >= 0.6 is 11.6 Å². The standard InChI is InChI=1S/C11H10ClNO2/c1-15-9-4-2-3-8(10(9)12)11(5-6-11)13-7-14/h2-4H,5-6H2,1H3. The Hall–Kier alpha value is -1.31. The molecule has 2 rings (SSSR count). The molecule has 1 aromatic rings. The summed E-state index contributed by atoms with van der Waals surface area (Å²) in [7, 11) is 1.56. The molecule has 0 aromatic heterocycles. The van der Waals surface area contributed by atoms with Gasteiger partial charge >= 0.3 is 0 Å². The average molecular weight is 224 g/mol. The van der Waals surface area contributed by atoms with Crippen LogP contribution in [0.3, 0.4) is 0 Å². The summed E-state index contributed by atoms with van der Waals surface area (Å²) in [5, 5.41) is 0.538. The maximum Gasteiger partial charge on any atom is 0.235 e. The third-order valence-electron chi connectivity index (χ3n) is 2.67. The monoisotopic (exact) mass is 223 g/mol. The molecule has 1 aromatic carbocycles. The van der Waals surface area contributed by atoms with Crippen molar-refractivity contribution in [3.63, 3.8) is 0 Å². The van der Waals surface area contributed by atoms with Crippen LogP contribution < -0.4 is 4.74 Å². The summed E-state index contributed by atoms with van der Waals surface area (Å²) in [6, 6.07) is 5.51. The molecule has 0 spiro atoms. The van der Waals surface area contributed by atoms with Gasteiger partial charge in [0.1, 0.15) is 5.75 Å². The fourth-order valence-corrected chi connectivity index (χ4v) is 2.05. The highest BCUT2D eigenvalue weighted by molar-refractivity contribution is 6.33. The lowest BCUT2D eigenvalue weighted by Crippen LogP contribution is -2.03. The first-order valence-corrected chi connectivity index (χ1v) is 5.03. The second kappa shape index (κ2) is 3.69. The molecule has 1 fully saturated rings. The number of hydrogen-bond acceptors (Lipinski definition) is 3. The molecule has 3 nitrogen and oxygen atoms in total. The van der Waals surface area contributed by atoms with Crippen molar-refractivity contribution in [1.29, 1.82) is 0 Å². The van der Waals surface area contributed by atoms with E-state index in [-0.39, 0.29) is 0 Å². The molecular formula is C11H10ClNO2. The van der Waals surface area contributed by atoms with Crippen molar-refractivity contribution in [3.8, 4) is 5.75 Å². The maximum absolute atomic E-state index is 10.3. The maximum atomic E-state index is 10.3. The van der Waals surface area contributed by atoms with Crippen LogP contribution in [-0.4, -0.2) is 13.2 Å². The normalized spacial score (nSPS) is 16.7. The zero-order valence-corrected chi connectivity index (χ0v) is 9.04. The molecule has 78 valence electrons. The Morgan fingerprint density at radius 1 is 1.53 bits per heavy atom. The number of carbonyl (C=O) groups excluding carboxylic acids is 1. The molecule has 0 saturated heterocycles. The van der Waals surface area contributed by atoms with Crippen molar-refractivity contribution < 1.29 is 9.53 Å². The van der Waals surface area contributed by atoms with Gasteiger partial charge in [-0.2, -0.15) is 4.99 Å². The lowest BCUT2D eigenvalue weighted by atomic mass is 10.1. The number of halogens is 1. The van der Waals surface area contributed by atoms with Crippen molar-refractivity contribution in [2.75, 3.05) is 7.11 Å². The molecule has 15 heavy (non-hydrogen) atoms. The summed E-state index contributed by atoms with van der Waals surface area (Å²) in [5.41, 5.74) is 0.416. The van der Waals surface area contributed by atoms with Crippen LogP contribution in [0.5, 0.6) is 5.75 Å². The van der Waals surface area contributed by atoms with Gasteiger partial charge in [-0.3, -0.25) is 0 Å². The number of hydrogen-bond donors (Lipinski definition) is 0. The van der Waals surface area contributed by atoms with E-state index in [4.69, 9.17) is 16.3 Å². The Labute approximate surface area is 92.7 Å². The average Bonchev–Trinajstić information content (AvgIpc) is 3.00. The van der Waals surface area contributed by atoms with Gasteiger partial charge in [-0.05, 0) is 18.9 Å². The third kappa shape index (κ3) is 1.65. The van der Waals surface area contributed by atoms with E-state index < -0.39 is 5.54 Å². The molecule has 0 atom stereocenters. The smallest absolute Gasteiger partial charge is 0.235 e. The van der Waals surface area contributed by atoms with Gasteiger partial charge in [-0.25, -0.2) is 4.79 Å². The first-order valence-electron chi connectivity index (χ1n) is 4.65. The lowest BCUT2D eigenvalue weighted by molar-refractivity contribution is 0.414. The molecule has 0 radical (unpaired) electrons. The van der Waals surface area contributed by atoms with Gasteiger partial charge in [0.25, 0.3) is 0 Å². The van der Waals surface area contributed by atoms with Gasteiger partial charge in [-0.1, -0.05) is 23.7 Å². The van der Waals surface area contributed by atoms with E-state index in [1.165, 1.54) is 0 Å². The summed E-state index contributed by atoms with van der Waals surface area (Å²) in [6.07, 6.45) is 3.29. The molecule has 4 heteroatoms. The van der Waals surface area contributed by atoms with E-state index >= 15 is 0 Å². The highest BCUT2D eigenvalue weighted by Gasteiger charge is 2.46.